The Bertz CT molecular complexity index is 576. The molecule has 0 amide bonds. The van der Waals surface area contributed by atoms with Gasteiger partial charge < -0.3 is 15.9 Å². The number of aliphatic hydroxyl groups is 2. The highest BCUT2D eigenvalue weighted by atomic mass is 32.1. The van der Waals surface area contributed by atoms with E-state index < -0.39 is 12.2 Å². The van der Waals surface area contributed by atoms with Crippen LogP contribution in [0, 0.1) is 11.3 Å². The number of nitrogens with zero attached hydrogens (tertiary/aromatic N) is 2. The predicted octanol–water partition coefficient (Wildman–Crippen LogP) is 1.19. The second-order valence-electron chi connectivity index (χ2n) is 3.65. The van der Waals surface area contributed by atoms with E-state index in [2.05, 4.69) is 4.98 Å². The van der Waals surface area contributed by atoms with Crippen molar-refractivity contribution in [2.45, 2.75) is 18.6 Å². The maximum atomic E-state index is 9.84. The van der Waals surface area contributed by atoms with Crippen LogP contribution in [0.4, 0.5) is 5.13 Å². The summed E-state index contributed by atoms with van der Waals surface area (Å²) in [6.07, 6.45) is -2.26. The van der Waals surface area contributed by atoms with E-state index in [1.54, 1.807) is 18.2 Å². The molecule has 0 saturated heterocycles. The second-order valence-corrected chi connectivity index (χ2v) is 4.72. The fraction of sp³-hybridized carbons (Fsp3) is 0.273. The highest BCUT2D eigenvalue weighted by Gasteiger charge is 2.18. The smallest absolute Gasteiger partial charge is 0.181 e. The average Bonchev–Trinajstić information content (AvgIpc) is 2.67. The Hall–Kier alpha value is -1.68. The Labute approximate surface area is 102 Å². The zero-order chi connectivity index (χ0) is 12.4. The molecule has 0 spiro atoms. The van der Waals surface area contributed by atoms with Crippen molar-refractivity contribution < 1.29 is 10.2 Å². The van der Waals surface area contributed by atoms with Gasteiger partial charge in [0.2, 0.25) is 0 Å². The van der Waals surface area contributed by atoms with Gasteiger partial charge in [-0.1, -0.05) is 17.4 Å². The zero-order valence-corrected chi connectivity index (χ0v) is 9.68. The van der Waals surface area contributed by atoms with Crippen molar-refractivity contribution in [3.63, 3.8) is 0 Å². The Balaban J connectivity index is 2.32. The summed E-state index contributed by atoms with van der Waals surface area (Å²) in [7, 11) is 0. The molecule has 1 aromatic heterocycles. The number of nitriles is 1. The summed E-state index contributed by atoms with van der Waals surface area (Å²) in [5.41, 5.74) is 6.90. The van der Waals surface area contributed by atoms with E-state index in [1.165, 1.54) is 11.3 Å². The van der Waals surface area contributed by atoms with Gasteiger partial charge in [-0.05, 0) is 17.7 Å². The van der Waals surface area contributed by atoms with Crippen molar-refractivity contribution in [2.24, 2.45) is 0 Å². The topological polar surface area (TPSA) is 103 Å². The lowest BCUT2D eigenvalue weighted by molar-refractivity contribution is 0.0217. The quantitative estimate of drug-likeness (QED) is 0.758. The normalized spacial score (nSPS) is 14.4. The van der Waals surface area contributed by atoms with E-state index in [-0.39, 0.29) is 6.42 Å². The standard InChI is InChI=1S/C11H11N3O2S/c12-4-3-8(15)10(16)6-1-2-7-9(5-6)17-11(13)14-7/h1-2,5,8,10,15-16H,3H2,(H2,13,14). The van der Waals surface area contributed by atoms with Crippen molar-refractivity contribution in [3.8, 4) is 6.07 Å². The number of anilines is 1. The van der Waals surface area contributed by atoms with Crippen LogP contribution in [0.15, 0.2) is 18.2 Å². The summed E-state index contributed by atoms with van der Waals surface area (Å²) in [6.45, 7) is 0. The number of fused-ring (bicyclic) bond motifs is 1. The number of benzene rings is 1. The van der Waals surface area contributed by atoms with Crippen LogP contribution in [0.1, 0.15) is 18.1 Å². The third-order valence-electron chi connectivity index (χ3n) is 2.44. The fourth-order valence-corrected chi connectivity index (χ4v) is 2.35. The average molecular weight is 249 g/mol. The molecule has 0 fully saturated rings. The minimum atomic E-state index is -1.08. The van der Waals surface area contributed by atoms with E-state index in [9.17, 15) is 10.2 Å². The first-order chi connectivity index (χ1) is 8.11. The first-order valence-corrected chi connectivity index (χ1v) is 5.82. The molecule has 4 N–H and O–H groups in total. The molecule has 0 bridgehead atoms. The van der Waals surface area contributed by atoms with E-state index in [0.29, 0.717) is 10.7 Å². The minimum absolute atomic E-state index is 0.107. The minimum Gasteiger partial charge on any atom is -0.389 e. The first kappa shape index (κ1) is 11.8. The largest absolute Gasteiger partial charge is 0.389 e. The molecule has 1 aromatic carbocycles. The van der Waals surface area contributed by atoms with Gasteiger partial charge in [0.15, 0.2) is 5.13 Å². The van der Waals surface area contributed by atoms with E-state index in [0.717, 1.165) is 10.2 Å². The third-order valence-corrected chi connectivity index (χ3v) is 3.28. The van der Waals surface area contributed by atoms with Crippen molar-refractivity contribution in [1.82, 2.24) is 4.98 Å². The van der Waals surface area contributed by atoms with Gasteiger partial charge in [-0.25, -0.2) is 4.98 Å². The highest BCUT2D eigenvalue weighted by Crippen LogP contribution is 2.28. The van der Waals surface area contributed by atoms with Gasteiger partial charge in [-0.15, -0.1) is 0 Å². The van der Waals surface area contributed by atoms with Crippen molar-refractivity contribution >= 4 is 26.7 Å². The Kier molecular flexibility index (Phi) is 3.24. The molecule has 0 saturated carbocycles. The number of rotatable bonds is 3. The Morgan fingerprint density at radius 2 is 2.24 bits per heavy atom. The summed E-state index contributed by atoms with van der Waals surface area (Å²) in [5, 5.41) is 28.3. The molecule has 1 heterocycles. The van der Waals surface area contributed by atoms with Gasteiger partial charge in [-0.3, -0.25) is 0 Å². The van der Waals surface area contributed by atoms with Gasteiger partial charge in [-0.2, -0.15) is 5.26 Å². The number of hydrogen-bond donors (Lipinski definition) is 3. The number of aliphatic hydroxyl groups excluding tert-OH is 2. The highest BCUT2D eigenvalue weighted by molar-refractivity contribution is 7.22. The zero-order valence-electron chi connectivity index (χ0n) is 8.87. The van der Waals surface area contributed by atoms with Crippen molar-refractivity contribution in [3.05, 3.63) is 23.8 Å². The van der Waals surface area contributed by atoms with E-state index in [4.69, 9.17) is 11.0 Å². The van der Waals surface area contributed by atoms with E-state index >= 15 is 0 Å². The molecule has 2 unspecified atom stereocenters. The molecule has 5 nitrogen and oxygen atoms in total. The molecular formula is C11H11N3O2S. The number of nitrogen functional groups attached to an aromatic ring is 1. The van der Waals surface area contributed by atoms with Gasteiger partial charge in [0.25, 0.3) is 0 Å². The molecule has 0 aliphatic heterocycles. The summed E-state index contributed by atoms with van der Waals surface area (Å²) >= 11 is 1.32. The molecule has 2 atom stereocenters. The van der Waals surface area contributed by atoms with Crippen LogP contribution in [0.3, 0.4) is 0 Å². The van der Waals surface area contributed by atoms with Crippen LogP contribution >= 0.6 is 11.3 Å². The molecule has 0 aliphatic rings. The number of aromatic nitrogens is 1. The maximum Gasteiger partial charge on any atom is 0.181 e. The summed E-state index contributed by atoms with van der Waals surface area (Å²) in [4.78, 5) is 4.09. The van der Waals surface area contributed by atoms with Crippen LogP contribution in [0.25, 0.3) is 10.2 Å². The van der Waals surface area contributed by atoms with Crippen LogP contribution < -0.4 is 5.73 Å². The molecule has 6 heteroatoms. The fourth-order valence-electron chi connectivity index (χ4n) is 1.57. The lowest BCUT2D eigenvalue weighted by atomic mass is 10.0. The van der Waals surface area contributed by atoms with Gasteiger partial charge in [0.05, 0.1) is 28.8 Å². The molecule has 0 radical (unpaired) electrons. The van der Waals surface area contributed by atoms with Gasteiger partial charge in [0.1, 0.15) is 6.10 Å². The molecular weight excluding hydrogens is 238 g/mol. The lowest BCUT2D eigenvalue weighted by Gasteiger charge is -2.15. The Morgan fingerprint density at radius 3 is 2.94 bits per heavy atom. The SMILES string of the molecule is N#CCC(O)C(O)c1ccc2nc(N)sc2c1. The van der Waals surface area contributed by atoms with Crippen LogP contribution in [-0.4, -0.2) is 21.3 Å². The van der Waals surface area contributed by atoms with Crippen LogP contribution in [0.2, 0.25) is 0 Å². The Morgan fingerprint density at radius 1 is 1.47 bits per heavy atom. The monoisotopic (exact) mass is 249 g/mol. The summed E-state index contributed by atoms with van der Waals surface area (Å²) < 4.78 is 0.850. The third kappa shape index (κ3) is 2.36. The van der Waals surface area contributed by atoms with Gasteiger partial charge >= 0.3 is 0 Å². The maximum absolute atomic E-state index is 9.84. The predicted molar refractivity (Wildman–Crippen MR) is 65.2 cm³/mol. The number of hydrogen-bond acceptors (Lipinski definition) is 6. The molecule has 2 aromatic rings. The molecule has 0 aliphatic carbocycles. The summed E-state index contributed by atoms with van der Waals surface area (Å²) in [6, 6.07) is 6.96. The van der Waals surface area contributed by atoms with E-state index in [1.807, 2.05) is 6.07 Å². The lowest BCUT2D eigenvalue weighted by Crippen LogP contribution is -2.17. The number of nitrogens with two attached hydrogens (primary N) is 1. The molecule has 2 rings (SSSR count). The molecule has 88 valence electrons. The summed E-state index contributed by atoms with van der Waals surface area (Å²) in [5.74, 6) is 0. The number of thiazole rings is 1. The van der Waals surface area contributed by atoms with Crippen molar-refractivity contribution in [1.29, 1.82) is 5.26 Å². The first-order valence-electron chi connectivity index (χ1n) is 5.01. The molecule has 17 heavy (non-hydrogen) atoms. The van der Waals surface area contributed by atoms with Crippen LogP contribution in [0.5, 0.6) is 0 Å². The van der Waals surface area contributed by atoms with Crippen molar-refractivity contribution in [2.75, 3.05) is 5.73 Å². The second kappa shape index (κ2) is 4.67. The van der Waals surface area contributed by atoms with Crippen LogP contribution in [-0.2, 0) is 0 Å². The van der Waals surface area contributed by atoms with Gasteiger partial charge in [0, 0.05) is 0 Å².